The van der Waals surface area contributed by atoms with Gasteiger partial charge in [0.2, 0.25) is 5.82 Å². The van der Waals surface area contributed by atoms with E-state index in [0.717, 1.165) is 22.4 Å². The highest BCUT2D eigenvalue weighted by atomic mass is 19.1. The summed E-state index contributed by atoms with van der Waals surface area (Å²) in [5, 5.41) is 12.3. The minimum Gasteiger partial charge on any atom is -0.250 e. The minimum atomic E-state index is -0.333. The molecule has 0 aliphatic carbocycles. The highest BCUT2D eigenvalue weighted by molar-refractivity contribution is 5.74. The van der Waals surface area contributed by atoms with Crippen LogP contribution in [0.25, 0.3) is 22.4 Å². The van der Waals surface area contributed by atoms with E-state index in [9.17, 15) is 4.39 Å². The van der Waals surface area contributed by atoms with Gasteiger partial charge in [-0.1, -0.05) is 24.3 Å². The zero-order valence-corrected chi connectivity index (χ0v) is 12.9. The Balaban J connectivity index is 1.65. The average molecular weight is 320 g/mol. The molecule has 7 heteroatoms. The molecule has 24 heavy (non-hydrogen) atoms. The molecule has 0 aliphatic heterocycles. The topological polar surface area (TPSA) is 69.4 Å². The van der Waals surface area contributed by atoms with Crippen LogP contribution < -0.4 is 0 Å². The van der Waals surface area contributed by atoms with Crippen LogP contribution in [0.3, 0.4) is 0 Å². The first kappa shape index (κ1) is 14.4. The Morgan fingerprint density at radius 1 is 1.00 bits per heavy atom. The third-order valence-electron chi connectivity index (χ3n) is 3.67. The molecule has 4 rings (SSSR count). The van der Waals surface area contributed by atoms with Gasteiger partial charge in [-0.15, -0.1) is 10.2 Å². The zero-order chi connectivity index (χ0) is 16.5. The van der Waals surface area contributed by atoms with E-state index in [1.165, 1.54) is 16.9 Å². The predicted molar refractivity (Wildman–Crippen MR) is 86.6 cm³/mol. The first-order valence-electron chi connectivity index (χ1n) is 7.45. The molecule has 4 aromatic rings. The summed E-state index contributed by atoms with van der Waals surface area (Å²) in [4.78, 5) is 10.6. The van der Waals surface area contributed by atoms with Gasteiger partial charge in [-0.2, -0.15) is 4.80 Å². The van der Waals surface area contributed by atoms with E-state index in [1.54, 1.807) is 12.1 Å². The van der Waals surface area contributed by atoms with Gasteiger partial charge in [0.15, 0.2) is 0 Å². The number of aryl methyl sites for hydroxylation is 1. The van der Waals surface area contributed by atoms with Crippen LogP contribution in [-0.2, 0) is 6.54 Å². The van der Waals surface area contributed by atoms with Crippen molar-refractivity contribution in [3.05, 3.63) is 65.7 Å². The molecule has 0 unspecified atom stereocenters. The number of fused-ring (bicyclic) bond motifs is 1. The SMILES string of the molecule is Cc1nc2ccccc2nc1Cn1nnc(-c2cccc(F)c2)n1. The lowest BCUT2D eigenvalue weighted by Crippen LogP contribution is -2.09. The molecule has 0 spiro atoms. The summed E-state index contributed by atoms with van der Waals surface area (Å²) >= 11 is 0. The number of tetrazole rings is 1. The number of halogens is 1. The van der Waals surface area contributed by atoms with Gasteiger partial charge < -0.3 is 0 Å². The van der Waals surface area contributed by atoms with Crippen LogP contribution in [0.4, 0.5) is 4.39 Å². The Kier molecular flexibility index (Phi) is 3.45. The maximum atomic E-state index is 13.3. The van der Waals surface area contributed by atoms with Crippen molar-refractivity contribution in [2.45, 2.75) is 13.5 Å². The number of aromatic nitrogens is 6. The molecule has 0 N–H and O–H groups in total. The Morgan fingerprint density at radius 3 is 2.58 bits per heavy atom. The molecule has 0 atom stereocenters. The molecule has 0 saturated heterocycles. The fraction of sp³-hybridized carbons (Fsp3) is 0.118. The van der Waals surface area contributed by atoms with Crippen LogP contribution in [-0.4, -0.2) is 30.2 Å². The van der Waals surface area contributed by atoms with Crippen LogP contribution in [0.15, 0.2) is 48.5 Å². The highest BCUT2D eigenvalue weighted by Crippen LogP contribution is 2.16. The quantitative estimate of drug-likeness (QED) is 0.580. The van der Waals surface area contributed by atoms with Crippen molar-refractivity contribution in [3.63, 3.8) is 0 Å². The third-order valence-corrected chi connectivity index (χ3v) is 3.67. The van der Waals surface area contributed by atoms with Crippen LogP contribution in [0.5, 0.6) is 0 Å². The maximum absolute atomic E-state index is 13.3. The fourth-order valence-corrected chi connectivity index (χ4v) is 2.46. The summed E-state index contributed by atoms with van der Waals surface area (Å²) in [6.45, 7) is 2.26. The molecule has 0 amide bonds. The molecule has 6 nitrogen and oxygen atoms in total. The van der Waals surface area contributed by atoms with E-state index in [1.807, 2.05) is 31.2 Å². The van der Waals surface area contributed by atoms with Crippen molar-refractivity contribution in [2.24, 2.45) is 0 Å². The summed E-state index contributed by atoms with van der Waals surface area (Å²) in [6, 6.07) is 13.8. The summed E-state index contributed by atoms with van der Waals surface area (Å²) < 4.78 is 13.3. The largest absolute Gasteiger partial charge is 0.250 e. The first-order chi connectivity index (χ1) is 11.7. The zero-order valence-electron chi connectivity index (χ0n) is 12.9. The summed E-state index contributed by atoms with van der Waals surface area (Å²) in [7, 11) is 0. The van der Waals surface area contributed by atoms with Crippen LogP contribution in [0.1, 0.15) is 11.4 Å². The number of hydrogen-bond donors (Lipinski definition) is 0. The monoisotopic (exact) mass is 320 g/mol. The molecule has 118 valence electrons. The molecule has 2 aromatic heterocycles. The molecule has 0 bridgehead atoms. The van der Waals surface area contributed by atoms with E-state index in [2.05, 4.69) is 25.4 Å². The van der Waals surface area contributed by atoms with Gasteiger partial charge in [-0.05, 0) is 36.4 Å². The summed E-state index contributed by atoms with van der Waals surface area (Å²) in [5.74, 6) is 0.0426. The molecule has 0 radical (unpaired) electrons. The lowest BCUT2D eigenvalue weighted by Gasteiger charge is -2.05. The predicted octanol–water partition coefficient (Wildman–Crippen LogP) is 2.78. The normalized spacial score (nSPS) is 11.1. The van der Waals surface area contributed by atoms with Crippen molar-refractivity contribution in [1.29, 1.82) is 0 Å². The Hall–Kier alpha value is -3.22. The Morgan fingerprint density at radius 2 is 1.79 bits per heavy atom. The van der Waals surface area contributed by atoms with Gasteiger partial charge in [0, 0.05) is 5.56 Å². The van der Waals surface area contributed by atoms with Crippen molar-refractivity contribution < 1.29 is 4.39 Å². The van der Waals surface area contributed by atoms with E-state index in [4.69, 9.17) is 0 Å². The van der Waals surface area contributed by atoms with Gasteiger partial charge in [0.1, 0.15) is 12.4 Å². The molecule has 2 aromatic carbocycles. The number of nitrogens with zero attached hydrogens (tertiary/aromatic N) is 6. The van der Waals surface area contributed by atoms with Gasteiger partial charge in [-0.3, -0.25) is 0 Å². The number of benzene rings is 2. The molecular formula is C17H13FN6. The molecule has 0 aliphatic rings. The van der Waals surface area contributed by atoms with Crippen molar-refractivity contribution in [3.8, 4) is 11.4 Å². The van der Waals surface area contributed by atoms with E-state index in [0.29, 0.717) is 17.9 Å². The second-order valence-corrected chi connectivity index (χ2v) is 5.40. The number of rotatable bonds is 3. The molecule has 2 heterocycles. The van der Waals surface area contributed by atoms with Gasteiger partial charge >= 0.3 is 0 Å². The van der Waals surface area contributed by atoms with E-state index >= 15 is 0 Å². The lowest BCUT2D eigenvalue weighted by atomic mass is 10.2. The molecular weight excluding hydrogens is 307 g/mol. The smallest absolute Gasteiger partial charge is 0.205 e. The van der Waals surface area contributed by atoms with E-state index in [-0.39, 0.29) is 5.82 Å². The highest BCUT2D eigenvalue weighted by Gasteiger charge is 2.10. The third kappa shape index (κ3) is 2.71. The summed E-state index contributed by atoms with van der Waals surface area (Å²) in [5.41, 5.74) is 3.85. The van der Waals surface area contributed by atoms with Gasteiger partial charge in [0.05, 0.1) is 22.4 Å². The van der Waals surface area contributed by atoms with Gasteiger partial charge in [-0.25, -0.2) is 14.4 Å². The van der Waals surface area contributed by atoms with Crippen LogP contribution in [0.2, 0.25) is 0 Å². The van der Waals surface area contributed by atoms with Gasteiger partial charge in [0.25, 0.3) is 0 Å². The second-order valence-electron chi connectivity index (χ2n) is 5.40. The lowest BCUT2D eigenvalue weighted by molar-refractivity contribution is 0.562. The first-order valence-corrected chi connectivity index (χ1v) is 7.45. The second kappa shape index (κ2) is 5.77. The average Bonchev–Trinajstić information content (AvgIpc) is 3.04. The maximum Gasteiger partial charge on any atom is 0.205 e. The minimum absolute atomic E-state index is 0.333. The number of hydrogen-bond acceptors (Lipinski definition) is 5. The Bertz CT molecular complexity index is 1030. The molecule has 0 saturated carbocycles. The van der Waals surface area contributed by atoms with Crippen LogP contribution in [0, 0.1) is 12.7 Å². The van der Waals surface area contributed by atoms with Crippen molar-refractivity contribution >= 4 is 11.0 Å². The summed E-state index contributed by atoms with van der Waals surface area (Å²) in [6.07, 6.45) is 0. The standard InChI is InChI=1S/C17H13FN6/c1-11-16(20-15-8-3-2-7-14(15)19-11)10-24-22-17(21-23-24)12-5-4-6-13(18)9-12/h2-9H,10H2,1H3. The van der Waals surface area contributed by atoms with E-state index < -0.39 is 0 Å². The van der Waals surface area contributed by atoms with Crippen LogP contribution >= 0.6 is 0 Å². The Labute approximate surface area is 137 Å². The molecule has 0 fully saturated rings. The van der Waals surface area contributed by atoms with Crippen molar-refractivity contribution in [1.82, 2.24) is 30.2 Å². The number of para-hydroxylation sites is 2. The van der Waals surface area contributed by atoms with Crippen molar-refractivity contribution in [2.75, 3.05) is 0 Å². The fourth-order valence-electron chi connectivity index (χ4n) is 2.46.